The molecular weight excluding hydrogens is 370 g/mol. The number of benzene rings is 1. The number of anilines is 1. The van der Waals surface area contributed by atoms with Crippen molar-refractivity contribution in [1.82, 2.24) is 0 Å². The molecule has 1 aromatic rings. The van der Waals surface area contributed by atoms with Gasteiger partial charge in [0.25, 0.3) is 15.0 Å². The lowest BCUT2D eigenvalue weighted by molar-refractivity contribution is -0.242. The molecule has 1 unspecified atom stereocenters. The number of amides is 1. The van der Waals surface area contributed by atoms with Crippen LogP contribution in [0.2, 0.25) is 5.02 Å². The van der Waals surface area contributed by atoms with Crippen molar-refractivity contribution < 1.29 is 31.5 Å². The summed E-state index contributed by atoms with van der Waals surface area (Å²) in [5, 5.41) is 10.7. The summed E-state index contributed by atoms with van der Waals surface area (Å²) in [6.07, 6.45) is -5.20. The summed E-state index contributed by atoms with van der Waals surface area (Å²) in [4.78, 5) is 11.2. The van der Waals surface area contributed by atoms with Crippen molar-refractivity contribution in [3.8, 4) is 0 Å². The summed E-state index contributed by atoms with van der Waals surface area (Å²) in [7, 11) is 1.06. The molecule has 0 saturated heterocycles. The molecule has 0 bridgehead atoms. The Hall–Kier alpha value is -1.03. The summed E-state index contributed by atoms with van der Waals surface area (Å²) < 4.78 is 60.2. The van der Waals surface area contributed by atoms with E-state index < -0.39 is 26.7 Å². The van der Waals surface area contributed by atoms with Gasteiger partial charge in [-0.25, -0.2) is 8.42 Å². The first-order chi connectivity index (χ1) is 9.69. The van der Waals surface area contributed by atoms with Crippen LogP contribution in [0.15, 0.2) is 17.0 Å². The standard InChI is InChI=1S/C11H10Cl2F3NO4S/c1-5-7(22(13,20)21)4-3-6(8(5)12)17-9(18)10(2,19)11(14,15)16/h3-4,19H,1-2H3,(H,17,18). The number of carbonyl (C=O) groups is 1. The number of hydrogen-bond acceptors (Lipinski definition) is 4. The molecule has 124 valence electrons. The minimum absolute atomic E-state index is 0.0545. The first-order valence-corrected chi connectivity index (χ1v) is 8.22. The predicted octanol–water partition coefficient (Wildman–Crippen LogP) is 2.83. The molecule has 5 nitrogen and oxygen atoms in total. The van der Waals surface area contributed by atoms with Crippen molar-refractivity contribution in [2.45, 2.75) is 30.5 Å². The smallest absolute Gasteiger partial charge is 0.373 e. The second kappa shape index (κ2) is 5.88. The zero-order chi connectivity index (χ0) is 17.5. The zero-order valence-electron chi connectivity index (χ0n) is 11.1. The third-order valence-corrected chi connectivity index (χ3v) is 4.80. The van der Waals surface area contributed by atoms with Crippen LogP contribution in [0.25, 0.3) is 0 Å². The molecule has 0 aliphatic heterocycles. The first-order valence-electron chi connectivity index (χ1n) is 5.54. The average molecular weight is 380 g/mol. The van der Waals surface area contributed by atoms with E-state index in [0.717, 1.165) is 12.1 Å². The molecule has 1 amide bonds. The van der Waals surface area contributed by atoms with Gasteiger partial charge in [0, 0.05) is 10.7 Å². The number of nitrogens with one attached hydrogen (secondary N) is 1. The summed E-state index contributed by atoms with van der Waals surface area (Å²) in [5.41, 5.74) is -3.99. The first kappa shape index (κ1) is 19.0. The van der Waals surface area contributed by atoms with Crippen LogP contribution in [0, 0.1) is 6.92 Å². The highest BCUT2D eigenvalue weighted by Crippen LogP contribution is 2.35. The van der Waals surface area contributed by atoms with Gasteiger partial charge in [0.2, 0.25) is 5.60 Å². The molecule has 1 rings (SSSR count). The molecule has 1 atom stereocenters. The molecule has 0 radical (unpaired) electrons. The highest BCUT2D eigenvalue weighted by molar-refractivity contribution is 8.13. The van der Waals surface area contributed by atoms with E-state index in [0.29, 0.717) is 0 Å². The monoisotopic (exact) mass is 379 g/mol. The fraction of sp³-hybridized carbons (Fsp3) is 0.364. The molecule has 0 fully saturated rings. The molecule has 0 aliphatic carbocycles. The molecule has 0 heterocycles. The van der Waals surface area contributed by atoms with Crippen LogP contribution in [0.3, 0.4) is 0 Å². The Kier molecular flexibility index (Phi) is 5.08. The van der Waals surface area contributed by atoms with Crippen molar-refractivity contribution in [3.05, 3.63) is 22.7 Å². The highest BCUT2D eigenvalue weighted by atomic mass is 35.7. The summed E-state index contributed by atoms with van der Waals surface area (Å²) >= 11 is 5.81. The van der Waals surface area contributed by atoms with Crippen LogP contribution in [0.1, 0.15) is 12.5 Å². The van der Waals surface area contributed by atoms with E-state index in [4.69, 9.17) is 22.3 Å². The van der Waals surface area contributed by atoms with Gasteiger partial charge in [-0.15, -0.1) is 0 Å². The minimum atomic E-state index is -5.20. The van der Waals surface area contributed by atoms with Gasteiger partial charge in [0.1, 0.15) is 0 Å². The van der Waals surface area contributed by atoms with Crippen molar-refractivity contribution in [2.24, 2.45) is 0 Å². The van der Waals surface area contributed by atoms with Gasteiger partial charge in [0.15, 0.2) is 0 Å². The van der Waals surface area contributed by atoms with Gasteiger partial charge in [-0.3, -0.25) is 4.79 Å². The Balaban J connectivity index is 3.22. The molecule has 22 heavy (non-hydrogen) atoms. The van der Waals surface area contributed by atoms with Gasteiger partial charge in [-0.1, -0.05) is 11.6 Å². The molecule has 0 spiro atoms. The normalized spacial score (nSPS) is 15.3. The number of rotatable bonds is 3. The minimum Gasteiger partial charge on any atom is -0.373 e. The Bertz CT molecular complexity index is 717. The Morgan fingerprint density at radius 2 is 1.82 bits per heavy atom. The summed E-state index contributed by atoms with van der Waals surface area (Å²) in [6, 6.07) is 1.94. The maximum Gasteiger partial charge on any atom is 0.426 e. The topological polar surface area (TPSA) is 83.5 Å². The lowest BCUT2D eigenvalue weighted by atomic mass is 10.1. The second-order valence-corrected chi connectivity index (χ2v) is 7.42. The van der Waals surface area contributed by atoms with E-state index in [1.54, 1.807) is 5.32 Å². The van der Waals surface area contributed by atoms with Crippen molar-refractivity contribution >= 4 is 42.9 Å². The SMILES string of the molecule is Cc1c(S(=O)(=O)Cl)ccc(NC(=O)C(C)(O)C(F)(F)F)c1Cl. The Morgan fingerprint density at radius 3 is 2.23 bits per heavy atom. The van der Waals surface area contributed by atoms with E-state index in [9.17, 15) is 31.5 Å². The third-order valence-electron chi connectivity index (χ3n) is 2.84. The van der Waals surface area contributed by atoms with E-state index >= 15 is 0 Å². The molecule has 0 saturated carbocycles. The number of alkyl halides is 3. The number of hydrogen-bond donors (Lipinski definition) is 2. The quantitative estimate of drug-likeness (QED) is 0.790. The Morgan fingerprint density at radius 1 is 1.32 bits per heavy atom. The van der Waals surface area contributed by atoms with Gasteiger partial charge in [-0.05, 0) is 31.5 Å². The van der Waals surface area contributed by atoms with Crippen LogP contribution >= 0.6 is 22.3 Å². The van der Waals surface area contributed by atoms with E-state index in [-0.39, 0.29) is 28.1 Å². The number of aliphatic hydroxyl groups is 1. The fourth-order valence-corrected chi connectivity index (χ4v) is 2.87. The summed E-state index contributed by atoms with van der Waals surface area (Å²) in [5.74, 6) is -1.76. The predicted molar refractivity (Wildman–Crippen MR) is 74.5 cm³/mol. The van der Waals surface area contributed by atoms with Crippen molar-refractivity contribution in [2.75, 3.05) is 5.32 Å². The fourth-order valence-electron chi connectivity index (χ4n) is 1.40. The van der Waals surface area contributed by atoms with E-state index in [1.807, 2.05) is 0 Å². The Labute approximate surface area is 133 Å². The van der Waals surface area contributed by atoms with Gasteiger partial charge < -0.3 is 10.4 Å². The van der Waals surface area contributed by atoms with Crippen LogP contribution in [0.4, 0.5) is 18.9 Å². The lowest BCUT2D eigenvalue weighted by Gasteiger charge is -2.25. The summed E-state index contributed by atoms with van der Waals surface area (Å²) in [6.45, 7) is 1.54. The lowest BCUT2D eigenvalue weighted by Crippen LogP contribution is -2.52. The molecular formula is C11H10Cl2F3NO4S. The average Bonchev–Trinajstić information content (AvgIpc) is 2.31. The van der Waals surface area contributed by atoms with E-state index in [2.05, 4.69) is 0 Å². The second-order valence-electron chi connectivity index (χ2n) is 4.51. The van der Waals surface area contributed by atoms with E-state index in [1.165, 1.54) is 6.92 Å². The van der Waals surface area contributed by atoms with Crippen molar-refractivity contribution in [3.63, 3.8) is 0 Å². The largest absolute Gasteiger partial charge is 0.426 e. The van der Waals surface area contributed by atoms with Crippen molar-refractivity contribution in [1.29, 1.82) is 0 Å². The number of carbonyl (C=O) groups excluding carboxylic acids is 1. The molecule has 0 aromatic heterocycles. The van der Waals surface area contributed by atoms with Gasteiger partial charge >= 0.3 is 6.18 Å². The van der Waals surface area contributed by atoms with Gasteiger partial charge in [-0.2, -0.15) is 13.2 Å². The molecule has 2 N–H and O–H groups in total. The maximum absolute atomic E-state index is 12.5. The molecule has 0 aliphatic rings. The third kappa shape index (κ3) is 3.65. The van der Waals surface area contributed by atoms with Gasteiger partial charge in [0.05, 0.1) is 15.6 Å². The van der Waals surface area contributed by atoms with Crippen LogP contribution in [-0.2, 0) is 13.8 Å². The zero-order valence-corrected chi connectivity index (χ0v) is 13.5. The van der Waals surface area contributed by atoms with Crippen LogP contribution in [0.5, 0.6) is 0 Å². The van der Waals surface area contributed by atoms with Crippen LogP contribution in [-0.4, -0.2) is 31.2 Å². The molecule has 1 aromatic carbocycles. The molecule has 11 heteroatoms. The number of halogens is 5. The maximum atomic E-state index is 12.5. The van der Waals surface area contributed by atoms with Crippen LogP contribution < -0.4 is 5.32 Å². The highest BCUT2D eigenvalue weighted by Gasteiger charge is 2.55.